The van der Waals surface area contributed by atoms with Gasteiger partial charge in [0.1, 0.15) is 6.54 Å². The quantitative estimate of drug-likeness (QED) is 0.501. The van der Waals surface area contributed by atoms with Gasteiger partial charge >= 0.3 is 6.29 Å². The van der Waals surface area contributed by atoms with E-state index in [1.807, 2.05) is 44.5 Å². The van der Waals surface area contributed by atoms with Crippen LogP contribution in [-0.4, -0.2) is 47.0 Å². The molecule has 5 rings (SSSR count). The number of likely N-dealkylation sites (N-methyl/N-ethyl adjacent to an activating group) is 2. The molecule has 0 saturated carbocycles. The van der Waals surface area contributed by atoms with Gasteiger partial charge in [-0.3, -0.25) is 9.59 Å². The smallest absolute Gasteiger partial charge is 0.395 e. The number of fused-ring (bicyclic) bond motifs is 2. The van der Waals surface area contributed by atoms with Gasteiger partial charge in [0.2, 0.25) is 5.91 Å². The zero-order valence-corrected chi connectivity index (χ0v) is 20.7. The Morgan fingerprint density at radius 2 is 1.92 bits per heavy atom. The second-order valence-electron chi connectivity index (χ2n) is 9.15. The molecule has 0 N–H and O–H groups in total. The van der Waals surface area contributed by atoms with Gasteiger partial charge in [-0.25, -0.2) is 4.68 Å². The Morgan fingerprint density at radius 1 is 1.14 bits per heavy atom. The molecule has 2 aliphatic rings. The van der Waals surface area contributed by atoms with E-state index in [9.17, 15) is 18.4 Å². The third kappa shape index (κ3) is 4.91. The molecular formula is C27H26F2N4O4. The number of carbonyl (C=O) groups is 1. The number of nitrogens with zero attached hydrogens (tertiary/aromatic N) is 4. The number of aryl methyl sites for hydroxylation is 1. The zero-order chi connectivity index (χ0) is 26.3. The lowest BCUT2D eigenvalue weighted by Crippen LogP contribution is -2.38. The number of hydrogen-bond donors (Lipinski definition) is 0. The maximum atomic E-state index is 13.4. The molecule has 3 heterocycles. The van der Waals surface area contributed by atoms with E-state index in [4.69, 9.17) is 0 Å². The molecule has 1 amide bonds. The number of anilines is 1. The van der Waals surface area contributed by atoms with Crippen LogP contribution in [0.3, 0.4) is 0 Å². The maximum Gasteiger partial charge on any atom is 0.586 e. The molecule has 0 spiro atoms. The minimum absolute atomic E-state index is 0.109. The fourth-order valence-electron chi connectivity index (χ4n) is 4.61. The Hall–Kier alpha value is -4.21. The number of amides is 1. The molecule has 2 aromatic carbocycles. The van der Waals surface area contributed by atoms with Crippen molar-refractivity contribution in [2.24, 2.45) is 0 Å². The SMILES string of the molecule is CCN(C(=O)Cn1nc(CC2=CC=CN(C)C2)c2cc(C)ccc2c1=O)c1ccc2c(c1)OC(F)(F)O2. The van der Waals surface area contributed by atoms with Crippen molar-refractivity contribution < 1.29 is 23.0 Å². The maximum absolute atomic E-state index is 13.4. The summed E-state index contributed by atoms with van der Waals surface area (Å²) in [7, 11) is 1.98. The molecule has 0 saturated heterocycles. The van der Waals surface area contributed by atoms with Crippen LogP contribution in [0.4, 0.5) is 14.5 Å². The van der Waals surface area contributed by atoms with Gasteiger partial charge < -0.3 is 19.3 Å². The lowest BCUT2D eigenvalue weighted by molar-refractivity contribution is -0.286. The van der Waals surface area contributed by atoms with Gasteiger partial charge in [-0.15, -0.1) is 8.78 Å². The van der Waals surface area contributed by atoms with Crippen molar-refractivity contribution in [1.29, 1.82) is 0 Å². The van der Waals surface area contributed by atoms with Gasteiger partial charge in [0.05, 0.1) is 11.1 Å². The van der Waals surface area contributed by atoms with E-state index in [1.165, 1.54) is 27.8 Å². The van der Waals surface area contributed by atoms with Crippen molar-refractivity contribution in [3.63, 3.8) is 0 Å². The Balaban J connectivity index is 1.48. The molecule has 0 fully saturated rings. The highest BCUT2D eigenvalue weighted by atomic mass is 19.3. The van der Waals surface area contributed by atoms with Crippen molar-refractivity contribution in [3.8, 4) is 11.5 Å². The summed E-state index contributed by atoms with van der Waals surface area (Å²) in [5.74, 6) is -0.686. The first-order valence-electron chi connectivity index (χ1n) is 11.9. The standard InChI is InChI=1S/C27H26F2N4O4/c1-4-32(19-8-10-23-24(14-19)37-27(28,29)36-23)25(34)16-33-26(35)20-9-7-17(2)12-21(20)22(30-33)13-18-6-5-11-31(3)15-18/h5-12,14H,4,13,15-16H2,1-3H3. The molecule has 192 valence electrons. The first-order chi connectivity index (χ1) is 17.6. The first-order valence-corrected chi connectivity index (χ1v) is 11.9. The topological polar surface area (TPSA) is 76.9 Å². The normalized spacial score (nSPS) is 15.7. The number of hydrogen-bond acceptors (Lipinski definition) is 6. The fourth-order valence-corrected chi connectivity index (χ4v) is 4.61. The first kappa shape index (κ1) is 24.5. The van der Waals surface area contributed by atoms with Crippen molar-refractivity contribution in [2.75, 3.05) is 25.0 Å². The molecule has 3 aromatic rings. The number of carbonyl (C=O) groups excluding carboxylic acids is 1. The Bertz CT molecular complexity index is 1510. The average Bonchev–Trinajstić information content (AvgIpc) is 3.15. The summed E-state index contributed by atoms with van der Waals surface area (Å²) in [6, 6.07) is 9.70. The molecule has 10 heteroatoms. The zero-order valence-electron chi connectivity index (χ0n) is 20.7. The summed E-state index contributed by atoms with van der Waals surface area (Å²) in [5.41, 5.74) is 2.81. The lowest BCUT2D eigenvalue weighted by Gasteiger charge is -2.22. The predicted molar refractivity (Wildman–Crippen MR) is 135 cm³/mol. The Kier molecular flexibility index (Phi) is 6.18. The number of alkyl halides is 2. The summed E-state index contributed by atoms with van der Waals surface area (Å²) in [4.78, 5) is 30.1. The van der Waals surface area contributed by atoms with E-state index < -0.39 is 12.2 Å². The Morgan fingerprint density at radius 3 is 2.68 bits per heavy atom. The summed E-state index contributed by atoms with van der Waals surface area (Å²) < 4.78 is 37.0. The molecule has 0 radical (unpaired) electrons. The van der Waals surface area contributed by atoms with Crippen LogP contribution < -0.4 is 19.9 Å². The number of allylic oxidation sites excluding steroid dienone is 2. The minimum Gasteiger partial charge on any atom is -0.395 e. The lowest BCUT2D eigenvalue weighted by atomic mass is 10.0. The molecule has 37 heavy (non-hydrogen) atoms. The van der Waals surface area contributed by atoms with Gasteiger partial charge in [0.25, 0.3) is 5.56 Å². The third-order valence-electron chi connectivity index (χ3n) is 6.31. The number of ether oxygens (including phenoxy) is 2. The molecule has 0 aliphatic carbocycles. The molecule has 0 bridgehead atoms. The van der Waals surface area contributed by atoms with E-state index in [0.717, 1.165) is 23.1 Å². The Labute approximate surface area is 212 Å². The molecular weight excluding hydrogens is 482 g/mol. The van der Waals surface area contributed by atoms with Crippen LogP contribution in [-0.2, 0) is 17.8 Å². The molecule has 1 aromatic heterocycles. The van der Waals surface area contributed by atoms with Crippen LogP contribution in [0, 0.1) is 6.92 Å². The van der Waals surface area contributed by atoms with Crippen LogP contribution >= 0.6 is 0 Å². The van der Waals surface area contributed by atoms with Gasteiger partial charge in [0, 0.05) is 43.7 Å². The fraction of sp³-hybridized carbons (Fsp3) is 0.296. The van der Waals surface area contributed by atoms with Gasteiger partial charge in [-0.1, -0.05) is 17.7 Å². The highest BCUT2D eigenvalue weighted by molar-refractivity contribution is 5.94. The third-order valence-corrected chi connectivity index (χ3v) is 6.31. The average molecular weight is 509 g/mol. The van der Waals surface area contributed by atoms with E-state index in [1.54, 1.807) is 13.0 Å². The van der Waals surface area contributed by atoms with E-state index in [2.05, 4.69) is 19.5 Å². The largest absolute Gasteiger partial charge is 0.586 e. The van der Waals surface area contributed by atoms with Crippen molar-refractivity contribution in [3.05, 3.63) is 81.9 Å². The van der Waals surface area contributed by atoms with Gasteiger partial charge in [-0.05, 0) is 56.0 Å². The summed E-state index contributed by atoms with van der Waals surface area (Å²) in [5, 5.41) is 5.86. The van der Waals surface area contributed by atoms with E-state index in [0.29, 0.717) is 23.2 Å². The molecule has 8 nitrogen and oxygen atoms in total. The highest BCUT2D eigenvalue weighted by Crippen LogP contribution is 2.42. The van der Waals surface area contributed by atoms with Crippen molar-refractivity contribution in [2.45, 2.75) is 33.1 Å². The molecule has 2 aliphatic heterocycles. The monoisotopic (exact) mass is 508 g/mol. The summed E-state index contributed by atoms with van der Waals surface area (Å²) >= 11 is 0. The highest BCUT2D eigenvalue weighted by Gasteiger charge is 2.43. The second-order valence-corrected chi connectivity index (χ2v) is 9.15. The van der Waals surface area contributed by atoms with Crippen LogP contribution in [0.15, 0.2) is 65.1 Å². The van der Waals surface area contributed by atoms with Crippen molar-refractivity contribution >= 4 is 22.4 Å². The van der Waals surface area contributed by atoms with E-state index in [-0.39, 0.29) is 30.1 Å². The minimum atomic E-state index is -3.75. The number of rotatable bonds is 6. The van der Waals surface area contributed by atoms with Gasteiger partial charge in [0.15, 0.2) is 11.5 Å². The van der Waals surface area contributed by atoms with Gasteiger partial charge in [-0.2, -0.15) is 5.10 Å². The summed E-state index contributed by atoms with van der Waals surface area (Å²) in [6.07, 6.45) is 2.75. The molecule has 0 atom stereocenters. The second kappa shape index (κ2) is 9.34. The van der Waals surface area contributed by atoms with Crippen LogP contribution in [0.2, 0.25) is 0 Å². The van der Waals surface area contributed by atoms with Crippen LogP contribution in [0.5, 0.6) is 11.5 Å². The number of benzene rings is 2. The van der Waals surface area contributed by atoms with Crippen molar-refractivity contribution in [1.82, 2.24) is 14.7 Å². The number of halogens is 2. The predicted octanol–water partition coefficient (Wildman–Crippen LogP) is 4.01. The van der Waals surface area contributed by atoms with Crippen LogP contribution in [0.1, 0.15) is 18.2 Å². The number of aromatic nitrogens is 2. The van der Waals surface area contributed by atoms with Crippen LogP contribution in [0.25, 0.3) is 10.8 Å². The molecule has 0 unspecified atom stereocenters. The van der Waals surface area contributed by atoms with E-state index >= 15 is 0 Å². The summed E-state index contributed by atoms with van der Waals surface area (Å²) in [6.45, 7) is 4.37.